The van der Waals surface area contributed by atoms with Gasteiger partial charge in [-0.05, 0) is 40.1 Å². The molecule has 0 atom stereocenters. The zero-order chi connectivity index (χ0) is 20.3. The molecule has 4 heteroatoms. The largest absolute Gasteiger partial charge is 0.326 e. The number of aromatic nitrogens is 2. The van der Waals surface area contributed by atoms with Crippen LogP contribution in [-0.2, 0) is 17.8 Å². The first-order valence-electron chi connectivity index (χ1n) is 10.0. The highest BCUT2D eigenvalue weighted by Gasteiger charge is 2.09. The lowest BCUT2D eigenvalue weighted by Crippen LogP contribution is -2.14. The number of hydrogen-bond acceptors (Lipinski definition) is 2. The molecule has 0 spiro atoms. The fourth-order valence-electron chi connectivity index (χ4n) is 3.87. The van der Waals surface area contributed by atoms with E-state index in [9.17, 15) is 4.79 Å². The Labute approximate surface area is 174 Å². The molecular formula is C26H21N3O. The molecule has 0 radical (unpaired) electrons. The Kier molecular flexibility index (Phi) is 4.74. The van der Waals surface area contributed by atoms with Crippen molar-refractivity contribution in [3.63, 3.8) is 0 Å². The van der Waals surface area contributed by atoms with Crippen LogP contribution in [0.1, 0.15) is 11.1 Å². The van der Waals surface area contributed by atoms with Gasteiger partial charge in [-0.25, -0.2) is 4.98 Å². The van der Waals surface area contributed by atoms with Crippen molar-refractivity contribution in [2.45, 2.75) is 13.0 Å². The predicted molar refractivity (Wildman–Crippen MR) is 122 cm³/mol. The van der Waals surface area contributed by atoms with Gasteiger partial charge >= 0.3 is 0 Å². The molecule has 0 aliphatic carbocycles. The number of hydrogen-bond donors (Lipinski definition) is 1. The first-order valence-corrected chi connectivity index (χ1v) is 10.0. The van der Waals surface area contributed by atoms with E-state index in [4.69, 9.17) is 0 Å². The maximum absolute atomic E-state index is 12.7. The Bertz CT molecular complexity index is 1330. The molecule has 1 N–H and O–H groups in total. The van der Waals surface area contributed by atoms with Crippen LogP contribution >= 0.6 is 0 Å². The number of fused-ring (bicyclic) bond motifs is 2. The third kappa shape index (κ3) is 3.67. The van der Waals surface area contributed by atoms with Crippen molar-refractivity contribution in [2.75, 3.05) is 5.32 Å². The maximum Gasteiger partial charge on any atom is 0.228 e. The molecule has 0 aliphatic heterocycles. The summed E-state index contributed by atoms with van der Waals surface area (Å²) in [7, 11) is 0. The van der Waals surface area contributed by atoms with Gasteiger partial charge in [-0.1, -0.05) is 72.8 Å². The topological polar surface area (TPSA) is 46.9 Å². The molecule has 4 aromatic carbocycles. The molecular weight excluding hydrogens is 370 g/mol. The number of carbonyl (C=O) groups is 1. The second-order valence-corrected chi connectivity index (χ2v) is 7.42. The lowest BCUT2D eigenvalue weighted by Gasteiger charge is -2.09. The third-order valence-corrected chi connectivity index (χ3v) is 5.33. The van der Waals surface area contributed by atoms with Crippen LogP contribution in [0.2, 0.25) is 0 Å². The van der Waals surface area contributed by atoms with Gasteiger partial charge in [0.1, 0.15) is 0 Å². The fraction of sp³-hybridized carbons (Fsp3) is 0.0769. The number of benzene rings is 4. The summed E-state index contributed by atoms with van der Waals surface area (Å²) >= 11 is 0. The summed E-state index contributed by atoms with van der Waals surface area (Å²) in [6, 6.07) is 30.4. The highest BCUT2D eigenvalue weighted by molar-refractivity contribution is 5.97. The minimum Gasteiger partial charge on any atom is -0.326 e. The molecule has 30 heavy (non-hydrogen) atoms. The van der Waals surface area contributed by atoms with Gasteiger partial charge in [0.15, 0.2) is 0 Å². The fourth-order valence-corrected chi connectivity index (χ4v) is 3.87. The monoisotopic (exact) mass is 391 g/mol. The number of imidazole rings is 1. The third-order valence-electron chi connectivity index (χ3n) is 5.33. The second kappa shape index (κ2) is 7.84. The second-order valence-electron chi connectivity index (χ2n) is 7.42. The molecule has 0 unspecified atom stereocenters. The van der Waals surface area contributed by atoms with Crippen molar-refractivity contribution in [2.24, 2.45) is 0 Å². The molecule has 1 heterocycles. The quantitative estimate of drug-likeness (QED) is 0.435. The average Bonchev–Trinajstić information content (AvgIpc) is 3.16. The van der Waals surface area contributed by atoms with Crippen molar-refractivity contribution in [3.8, 4) is 0 Å². The Morgan fingerprint density at radius 3 is 2.57 bits per heavy atom. The smallest absolute Gasteiger partial charge is 0.228 e. The van der Waals surface area contributed by atoms with Crippen LogP contribution in [0.3, 0.4) is 0 Å². The lowest BCUT2D eigenvalue weighted by atomic mass is 10.0. The van der Waals surface area contributed by atoms with Gasteiger partial charge < -0.3 is 9.88 Å². The zero-order valence-electron chi connectivity index (χ0n) is 16.5. The van der Waals surface area contributed by atoms with Crippen LogP contribution in [-0.4, -0.2) is 15.5 Å². The lowest BCUT2D eigenvalue weighted by molar-refractivity contribution is -0.115. The molecule has 5 rings (SSSR count). The van der Waals surface area contributed by atoms with Crippen LogP contribution in [0.5, 0.6) is 0 Å². The summed E-state index contributed by atoms with van der Waals surface area (Å²) in [5.41, 5.74) is 4.93. The Morgan fingerprint density at radius 2 is 1.67 bits per heavy atom. The molecule has 0 saturated carbocycles. The Hall–Kier alpha value is -3.92. The van der Waals surface area contributed by atoms with Crippen LogP contribution in [0.15, 0.2) is 97.3 Å². The summed E-state index contributed by atoms with van der Waals surface area (Å²) in [6.07, 6.45) is 2.18. The van der Waals surface area contributed by atoms with E-state index >= 15 is 0 Å². The van der Waals surface area contributed by atoms with Gasteiger partial charge in [-0.2, -0.15) is 0 Å². The maximum atomic E-state index is 12.7. The first kappa shape index (κ1) is 18.1. The predicted octanol–water partition coefficient (Wildman–Crippen LogP) is 5.42. The number of nitrogens with zero attached hydrogens (tertiary/aromatic N) is 2. The van der Waals surface area contributed by atoms with Crippen molar-refractivity contribution < 1.29 is 4.79 Å². The van der Waals surface area contributed by atoms with Crippen LogP contribution in [0.25, 0.3) is 21.8 Å². The van der Waals surface area contributed by atoms with Crippen molar-refractivity contribution in [3.05, 3.63) is 108 Å². The van der Waals surface area contributed by atoms with Gasteiger partial charge in [-0.15, -0.1) is 0 Å². The summed E-state index contributed by atoms with van der Waals surface area (Å²) < 4.78 is 2.12. The summed E-state index contributed by atoms with van der Waals surface area (Å²) in [4.78, 5) is 17.2. The van der Waals surface area contributed by atoms with E-state index in [0.29, 0.717) is 6.42 Å². The standard InChI is InChI=1S/C26H21N3O/c30-26(15-21-11-6-10-20-9-4-5-12-23(20)21)28-22-13-14-25-24(16-22)27-18-29(25)17-19-7-2-1-3-8-19/h1-14,16,18H,15,17H2,(H,28,30). The van der Waals surface area contributed by atoms with E-state index in [1.54, 1.807) is 0 Å². The number of rotatable bonds is 5. The number of carbonyl (C=O) groups excluding carboxylic acids is 1. The molecule has 1 amide bonds. The molecule has 0 aliphatic rings. The minimum atomic E-state index is -0.0329. The molecule has 4 nitrogen and oxygen atoms in total. The van der Waals surface area contributed by atoms with Gasteiger partial charge in [0.25, 0.3) is 0 Å². The Morgan fingerprint density at radius 1 is 0.867 bits per heavy atom. The van der Waals surface area contributed by atoms with Crippen LogP contribution in [0.4, 0.5) is 5.69 Å². The van der Waals surface area contributed by atoms with E-state index in [0.717, 1.165) is 39.6 Å². The van der Waals surface area contributed by atoms with Gasteiger partial charge in [0, 0.05) is 12.2 Å². The number of nitrogens with one attached hydrogen (secondary N) is 1. The molecule has 5 aromatic rings. The normalized spacial score (nSPS) is 11.1. The number of anilines is 1. The molecule has 146 valence electrons. The van der Waals surface area contributed by atoms with E-state index < -0.39 is 0 Å². The average molecular weight is 391 g/mol. The SMILES string of the molecule is O=C(Cc1cccc2ccccc12)Nc1ccc2c(c1)ncn2Cc1ccccc1. The molecule has 0 fully saturated rings. The first-order chi connectivity index (χ1) is 14.8. The van der Waals surface area contributed by atoms with Crippen LogP contribution < -0.4 is 5.32 Å². The van der Waals surface area contributed by atoms with E-state index in [1.165, 1.54) is 5.56 Å². The van der Waals surface area contributed by atoms with E-state index in [-0.39, 0.29) is 5.91 Å². The van der Waals surface area contributed by atoms with Crippen molar-refractivity contribution in [1.29, 1.82) is 0 Å². The molecule has 0 saturated heterocycles. The molecule has 1 aromatic heterocycles. The van der Waals surface area contributed by atoms with Gasteiger partial charge in [0.05, 0.1) is 23.8 Å². The van der Waals surface area contributed by atoms with Crippen molar-refractivity contribution in [1.82, 2.24) is 9.55 Å². The molecule has 0 bridgehead atoms. The van der Waals surface area contributed by atoms with E-state index in [1.807, 2.05) is 67.0 Å². The van der Waals surface area contributed by atoms with E-state index in [2.05, 4.69) is 45.2 Å². The summed E-state index contributed by atoms with van der Waals surface area (Å²) in [6.45, 7) is 0.768. The van der Waals surface area contributed by atoms with Gasteiger partial charge in [-0.3, -0.25) is 4.79 Å². The highest BCUT2D eigenvalue weighted by atomic mass is 16.1. The van der Waals surface area contributed by atoms with Crippen LogP contribution in [0, 0.1) is 0 Å². The minimum absolute atomic E-state index is 0.0329. The number of amides is 1. The highest BCUT2D eigenvalue weighted by Crippen LogP contribution is 2.21. The van der Waals surface area contributed by atoms with Crippen molar-refractivity contribution >= 4 is 33.4 Å². The Balaban J connectivity index is 1.33. The summed E-state index contributed by atoms with van der Waals surface area (Å²) in [5.74, 6) is -0.0329. The van der Waals surface area contributed by atoms with Gasteiger partial charge in [0.2, 0.25) is 5.91 Å². The summed E-state index contributed by atoms with van der Waals surface area (Å²) in [5, 5.41) is 5.28. The zero-order valence-corrected chi connectivity index (χ0v) is 16.5.